The first-order chi connectivity index (χ1) is 14.1. The number of fused-ring (bicyclic) bond motifs is 1. The molecule has 148 valence electrons. The zero-order valence-electron chi connectivity index (χ0n) is 16.3. The molecule has 2 aliphatic heterocycles. The van der Waals surface area contributed by atoms with Crippen LogP contribution in [0.1, 0.15) is 30.1 Å². The van der Waals surface area contributed by atoms with Crippen LogP contribution in [0.25, 0.3) is 11.0 Å². The number of aromatic amines is 1. The third-order valence-corrected chi connectivity index (χ3v) is 5.78. The molecule has 0 unspecified atom stereocenters. The Labute approximate surface area is 168 Å². The van der Waals surface area contributed by atoms with Crippen LogP contribution in [0.2, 0.25) is 0 Å². The average Bonchev–Trinajstić information content (AvgIpc) is 3.26. The van der Waals surface area contributed by atoms with Crippen LogP contribution in [0.5, 0.6) is 0 Å². The van der Waals surface area contributed by atoms with E-state index >= 15 is 0 Å². The van der Waals surface area contributed by atoms with Crippen molar-refractivity contribution in [3.8, 4) is 0 Å². The summed E-state index contributed by atoms with van der Waals surface area (Å²) < 4.78 is 0. The van der Waals surface area contributed by atoms with Crippen molar-refractivity contribution in [2.24, 2.45) is 0 Å². The lowest BCUT2D eigenvalue weighted by molar-refractivity contribution is -0.117. The number of anilines is 2. The van der Waals surface area contributed by atoms with Crippen molar-refractivity contribution in [3.63, 3.8) is 0 Å². The van der Waals surface area contributed by atoms with E-state index in [4.69, 9.17) is 0 Å². The Bertz CT molecular complexity index is 1070. The maximum Gasteiger partial charge on any atom is 0.321 e. The molecule has 0 atom stereocenters. The van der Waals surface area contributed by atoms with Crippen molar-refractivity contribution in [1.82, 2.24) is 14.9 Å². The van der Waals surface area contributed by atoms with E-state index in [0.717, 1.165) is 46.8 Å². The summed E-state index contributed by atoms with van der Waals surface area (Å²) in [6.45, 7) is 4.02. The highest BCUT2D eigenvalue weighted by molar-refractivity contribution is 5.97. The standard InChI is InChI=1S/C22H23N5O2/c1-14-11-16(8-9-19(14)27-10-4-7-20(27)28)23-22(29)26-12-15(13-26)21-24-17-5-2-3-6-18(17)25-21/h2-3,5-6,8-9,11,15H,4,7,10,12-13H2,1H3,(H,23,29)(H,24,25). The number of likely N-dealkylation sites (tertiary alicyclic amines) is 1. The molecule has 0 radical (unpaired) electrons. The Morgan fingerprint density at radius 2 is 2.03 bits per heavy atom. The van der Waals surface area contributed by atoms with Gasteiger partial charge in [0.2, 0.25) is 5.91 Å². The fourth-order valence-electron chi connectivity index (χ4n) is 4.12. The maximum atomic E-state index is 12.6. The Hall–Kier alpha value is -3.35. The van der Waals surface area contributed by atoms with Gasteiger partial charge in [-0.2, -0.15) is 0 Å². The number of benzene rings is 2. The van der Waals surface area contributed by atoms with E-state index in [1.54, 1.807) is 4.90 Å². The number of hydrogen-bond acceptors (Lipinski definition) is 3. The molecule has 5 rings (SSSR count). The van der Waals surface area contributed by atoms with Crippen LogP contribution in [0.4, 0.5) is 16.2 Å². The molecule has 0 aliphatic carbocycles. The van der Waals surface area contributed by atoms with Crippen LogP contribution < -0.4 is 10.2 Å². The number of carbonyl (C=O) groups is 2. The molecule has 3 aromatic rings. The van der Waals surface area contributed by atoms with Gasteiger partial charge < -0.3 is 20.1 Å². The molecule has 0 saturated carbocycles. The van der Waals surface area contributed by atoms with E-state index in [2.05, 4.69) is 15.3 Å². The van der Waals surface area contributed by atoms with Gasteiger partial charge in [-0.25, -0.2) is 9.78 Å². The van der Waals surface area contributed by atoms with Gasteiger partial charge in [0.05, 0.1) is 17.0 Å². The van der Waals surface area contributed by atoms with Crippen molar-refractivity contribution in [2.75, 3.05) is 29.9 Å². The molecule has 29 heavy (non-hydrogen) atoms. The smallest absolute Gasteiger partial charge is 0.321 e. The molecule has 2 fully saturated rings. The van der Waals surface area contributed by atoms with Crippen molar-refractivity contribution >= 4 is 34.3 Å². The lowest BCUT2D eigenvalue weighted by Gasteiger charge is -2.38. The Morgan fingerprint density at radius 3 is 2.76 bits per heavy atom. The summed E-state index contributed by atoms with van der Waals surface area (Å²) in [4.78, 5) is 36.1. The van der Waals surface area contributed by atoms with Gasteiger partial charge in [-0.05, 0) is 49.2 Å². The van der Waals surface area contributed by atoms with Gasteiger partial charge in [0.25, 0.3) is 0 Å². The first-order valence-electron chi connectivity index (χ1n) is 10.00. The minimum absolute atomic E-state index is 0.109. The van der Waals surface area contributed by atoms with E-state index in [1.807, 2.05) is 54.3 Å². The van der Waals surface area contributed by atoms with Crippen LogP contribution in [0.15, 0.2) is 42.5 Å². The summed E-state index contributed by atoms with van der Waals surface area (Å²) in [5.74, 6) is 1.34. The van der Waals surface area contributed by atoms with Crippen LogP contribution in [0, 0.1) is 6.92 Å². The van der Waals surface area contributed by atoms with Gasteiger partial charge >= 0.3 is 6.03 Å². The molecule has 7 nitrogen and oxygen atoms in total. The van der Waals surface area contributed by atoms with Crippen LogP contribution in [-0.4, -0.2) is 46.4 Å². The number of aryl methyl sites for hydroxylation is 1. The molecule has 0 spiro atoms. The second kappa shape index (κ2) is 6.92. The summed E-state index contributed by atoms with van der Waals surface area (Å²) in [7, 11) is 0. The predicted octanol–water partition coefficient (Wildman–Crippen LogP) is 3.63. The van der Waals surface area contributed by atoms with Crippen molar-refractivity contribution in [1.29, 1.82) is 0 Å². The molecule has 0 bridgehead atoms. The van der Waals surface area contributed by atoms with E-state index < -0.39 is 0 Å². The minimum atomic E-state index is -0.109. The molecular weight excluding hydrogens is 366 g/mol. The lowest BCUT2D eigenvalue weighted by atomic mass is 10.0. The topological polar surface area (TPSA) is 81.3 Å². The number of carbonyl (C=O) groups excluding carboxylic acids is 2. The fourth-order valence-corrected chi connectivity index (χ4v) is 4.12. The second-order valence-electron chi connectivity index (χ2n) is 7.82. The number of rotatable bonds is 3. The number of imidazole rings is 1. The van der Waals surface area contributed by atoms with E-state index in [1.165, 1.54) is 0 Å². The third-order valence-electron chi connectivity index (χ3n) is 5.78. The van der Waals surface area contributed by atoms with Gasteiger partial charge in [-0.15, -0.1) is 0 Å². The monoisotopic (exact) mass is 389 g/mol. The van der Waals surface area contributed by atoms with Crippen LogP contribution in [0.3, 0.4) is 0 Å². The quantitative estimate of drug-likeness (QED) is 0.718. The fraction of sp³-hybridized carbons (Fsp3) is 0.318. The van der Waals surface area contributed by atoms with Gasteiger partial charge in [-0.1, -0.05) is 12.1 Å². The van der Waals surface area contributed by atoms with Crippen LogP contribution in [-0.2, 0) is 4.79 Å². The summed E-state index contributed by atoms with van der Waals surface area (Å²) in [5, 5.41) is 2.97. The summed E-state index contributed by atoms with van der Waals surface area (Å²) in [6, 6.07) is 13.6. The number of hydrogen-bond donors (Lipinski definition) is 2. The van der Waals surface area contributed by atoms with Gasteiger partial charge in [-0.3, -0.25) is 4.79 Å². The number of nitrogens with one attached hydrogen (secondary N) is 2. The highest BCUT2D eigenvalue weighted by Crippen LogP contribution is 2.29. The second-order valence-corrected chi connectivity index (χ2v) is 7.82. The molecule has 3 heterocycles. The van der Waals surface area contributed by atoms with Gasteiger partial charge in [0.1, 0.15) is 5.82 Å². The van der Waals surface area contributed by atoms with E-state index in [-0.39, 0.29) is 17.9 Å². The SMILES string of the molecule is Cc1cc(NC(=O)N2CC(c3nc4ccccc4[nH]3)C2)ccc1N1CCCC1=O. The third kappa shape index (κ3) is 3.22. The Balaban J connectivity index is 1.21. The maximum absolute atomic E-state index is 12.6. The van der Waals surface area contributed by atoms with E-state index in [0.29, 0.717) is 19.5 Å². The number of H-pyrrole nitrogens is 1. The number of aromatic nitrogens is 2. The molecule has 7 heteroatoms. The zero-order valence-corrected chi connectivity index (χ0v) is 16.3. The van der Waals surface area contributed by atoms with Crippen molar-refractivity contribution in [2.45, 2.75) is 25.7 Å². The highest BCUT2D eigenvalue weighted by atomic mass is 16.2. The lowest BCUT2D eigenvalue weighted by Crippen LogP contribution is -2.50. The van der Waals surface area contributed by atoms with Crippen molar-refractivity contribution < 1.29 is 9.59 Å². The minimum Gasteiger partial charge on any atom is -0.342 e. The average molecular weight is 389 g/mol. The summed E-state index contributed by atoms with van der Waals surface area (Å²) >= 11 is 0. The number of amides is 3. The van der Waals surface area contributed by atoms with Gasteiger partial charge in [0, 0.05) is 37.4 Å². The number of para-hydroxylation sites is 2. The molecule has 2 saturated heterocycles. The largest absolute Gasteiger partial charge is 0.342 e. The highest BCUT2D eigenvalue weighted by Gasteiger charge is 2.34. The normalized spacial score (nSPS) is 17.1. The number of urea groups is 1. The number of nitrogens with zero attached hydrogens (tertiary/aromatic N) is 3. The predicted molar refractivity (Wildman–Crippen MR) is 112 cm³/mol. The molecule has 3 amide bonds. The Kier molecular flexibility index (Phi) is 4.23. The van der Waals surface area contributed by atoms with Crippen LogP contribution >= 0.6 is 0 Å². The summed E-state index contributed by atoms with van der Waals surface area (Å²) in [6.07, 6.45) is 1.51. The Morgan fingerprint density at radius 1 is 1.21 bits per heavy atom. The van der Waals surface area contributed by atoms with E-state index in [9.17, 15) is 9.59 Å². The zero-order chi connectivity index (χ0) is 20.0. The van der Waals surface area contributed by atoms with Crippen molar-refractivity contribution in [3.05, 3.63) is 53.9 Å². The summed E-state index contributed by atoms with van der Waals surface area (Å²) in [5.41, 5.74) is 4.64. The first-order valence-corrected chi connectivity index (χ1v) is 10.00. The molecule has 2 aliphatic rings. The first kappa shape index (κ1) is 17.7. The molecule has 1 aromatic heterocycles. The molecule has 2 aromatic carbocycles. The van der Waals surface area contributed by atoms with Gasteiger partial charge in [0.15, 0.2) is 0 Å². The molecular formula is C22H23N5O2. The molecule has 2 N–H and O–H groups in total.